The maximum Gasteiger partial charge on any atom is 0.311 e. The normalized spacial score (nSPS) is 52.1. The second kappa shape index (κ2) is 1.85. The van der Waals surface area contributed by atoms with Gasteiger partial charge in [0.05, 0.1) is 11.3 Å². The third-order valence-electron chi connectivity index (χ3n) is 4.15. The van der Waals surface area contributed by atoms with Gasteiger partial charge in [-0.25, -0.2) is 0 Å². The van der Waals surface area contributed by atoms with Gasteiger partial charge in [0.2, 0.25) is 0 Å². The van der Waals surface area contributed by atoms with Crippen molar-refractivity contribution in [2.24, 2.45) is 29.1 Å². The van der Waals surface area contributed by atoms with E-state index in [9.17, 15) is 14.4 Å². The number of hydrogen-bond donors (Lipinski definition) is 2. The predicted molar refractivity (Wildman–Crippen MR) is 41.3 cm³/mol. The molecule has 0 aromatic carbocycles. The van der Waals surface area contributed by atoms with Crippen LogP contribution < -0.4 is 0 Å². The van der Waals surface area contributed by atoms with Gasteiger partial charge in [-0.2, -0.15) is 0 Å². The van der Waals surface area contributed by atoms with E-state index in [1.54, 1.807) is 0 Å². The first kappa shape index (κ1) is 7.96. The molecule has 5 nitrogen and oxygen atoms in total. The number of carboxylic acids is 2. The number of carbonyl (C=O) groups is 3. The molecule has 0 heterocycles. The number of ketones is 1. The van der Waals surface area contributed by atoms with Crippen LogP contribution in [0, 0.1) is 29.1 Å². The van der Waals surface area contributed by atoms with Crippen LogP contribution in [0.3, 0.4) is 0 Å². The van der Waals surface area contributed by atoms with Crippen LogP contribution in [0.5, 0.6) is 0 Å². The minimum atomic E-state index is -1.23. The molecule has 0 radical (unpaired) electrons. The minimum Gasteiger partial charge on any atom is -0.481 e. The first-order chi connectivity index (χ1) is 6.52. The number of rotatable bonds is 2. The van der Waals surface area contributed by atoms with Gasteiger partial charge in [0.1, 0.15) is 5.78 Å². The zero-order chi connectivity index (χ0) is 10.2. The number of hydrogen-bond acceptors (Lipinski definition) is 3. The molecule has 4 bridgehead atoms. The fraction of sp³-hybridized carbons (Fsp3) is 0.667. The summed E-state index contributed by atoms with van der Waals surface area (Å²) in [6, 6.07) is 0. The van der Waals surface area contributed by atoms with Crippen LogP contribution in [0.1, 0.15) is 6.42 Å². The topological polar surface area (TPSA) is 91.7 Å². The molecular weight excluding hydrogens is 188 g/mol. The van der Waals surface area contributed by atoms with Gasteiger partial charge in [-0.1, -0.05) is 0 Å². The summed E-state index contributed by atoms with van der Waals surface area (Å²) < 4.78 is 0. The lowest BCUT2D eigenvalue weighted by molar-refractivity contribution is -0.155. The molecule has 5 atom stereocenters. The Labute approximate surface area is 78.7 Å². The van der Waals surface area contributed by atoms with Crippen molar-refractivity contribution in [1.29, 1.82) is 0 Å². The zero-order valence-corrected chi connectivity index (χ0v) is 7.14. The molecule has 0 unspecified atom stereocenters. The molecule has 0 aromatic heterocycles. The average Bonchev–Trinajstić information content (AvgIpc) is 2.39. The van der Waals surface area contributed by atoms with Crippen LogP contribution in [-0.2, 0) is 14.4 Å². The van der Waals surface area contributed by atoms with Crippen LogP contribution in [0.15, 0.2) is 0 Å². The summed E-state index contributed by atoms with van der Waals surface area (Å²) in [5, 5.41) is 18.0. The van der Waals surface area contributed by atoms with Gasteiger partial charge in [-0.05, 0) is 12.3 Å². The van der Waals surface area contributed by atoms with E-state index in [0.29, 0.717) is 6.42 Å². The molecule has 5 heteroatoms. The summed E-state index contributed by atoms with van der Waals surface area (Å²) >= 11 is 0. The van der Waals surface area contributed by atoms with E-state index in [1.165, 1.54) is 0 Å². The van der Waals surface area contributed by atoms with E-state index < -0.39 is 35.1 Å². The van der Waals surface area contributed by atoms with Crippen molar-refractivity contribution in [1.82, 2.24) is 0 Å². The fourth-order valence-electron chi connectivity index (χ4n) is 3.73. The fourth-order valence-corrected chi connectivity index (χ4v) is 3.73. The molecular formula is C9H8O5. The molecule has 0 aliphatic heterocycles. The molecule has 4 fully saturated rings. The lowest BCUT2D eigenvalue weighted by Gasteiger charge is -2.13. The standard InChI is InChI=1S/C9H8O5/c10-6-2-1-3-5(6)9(3,8(13)14)4(2)7(11)12/h2-5H,1H2,(H,11,12)(H,13,14)/t2-,3+,4+,5-,9-/m1/s1. The van der Waals surface area contributed by atoms with Crippen molar-refractivity contribution in [3.8, 4) is 0 Å². The van der Waals surface area contributed by atoms with Gasteiger partial charge in [0.15, 0.2) is 0 Å². The summed E-state index contributed by atoms with van der Waals surface area (Å²) in [6.45, 7) is 0. The van der Waals surface area contributed by atoms with E-state index in [0.717, 1.165) is 0 Å². The Bertz CT molecular complexity index is 383. The van der Waals surface area contributed by atoms with Gasteiger partial charge in [-0.15, -0.1) is 0 Å². The number of carbonyl (C=O) groups excluding carboxylic acids is 1. The van der Waals surface area contributed by atoms with Gasteiger partial charge in [0.25, 0.3) is 0 Å². The number of carboxylic acid groups (broad SMARTS) is 2. The van der Waals surface area contributed by atoms with Gasteiger partial charge in [0, 0.05) is 11.8 Å². The van der Waals surface area contributed by atoms with Crippen molar-refractivity contribution in [2.45, 2.75) is 6.42 Å². The van der Waals surface area contributed by atoms with Crippen LogP contribution in [0.25, 0.3) is 0 Å². The van der Waals surface area contributed by atoms with Crippen molar-refractivity contribution in [3.63, 3.8) is 0 Å². The van der Waals surface area contributed by atoms with Gasteiger partial charge >= 0.3 is 11.9 Å². The molecule has 2 N–H and O–H groups in total. The van der Waals surface area contributed by atoms with Crippen molar-refractivity contribution in [3.05, 3.63) is 0 Å². The van der Waals surface area contributed by atoms with Crippen LogP contribution in [0.2, 0.25) is 0 Å². The first-order valence-corrected chi connectivity index (χ1v) is 4.52. The maximum atomic E-state index is 11.5. The molecule has 14 heavy (non-hydrogen) atoms. The first-order valence-electron chi connectivity index (χ1n) is 4.52. The highest BCUT2D eigenvalue weighted by atomic mass is 16.4. The molecule has 4 aliphatic rings. The third kappa shape index (κ3) is 0.492. The predicted octanol–water partition coefficient (Wildman–Crippen LogP) is -0.393. The summed E-state index contributed by atoms with van der Waals surface area (Å²) in [4.78, 5) is 33.4. The molecule has 0 spiro atoms. The Kier molecular flexibility index (Phi) is 1.05. The molecule has 0 amide bonds. The van der Waals surface area contributed by atoms with Crippen molar-refractivity contribution in [2.75, 3.05) is 0 Å². The lowest BCUT2D eigenvalue weighted by Crippen LogP contribution is -2.31. The Morgan fingerprint density at radius 2 is 2.00 bits per heavy atom. The van der Waals surface area contributed by atoms with E-state index >= 15 is 0 Å². The highest BCUT2D eigenvalue weighted by Crippen LogP contribution is 2.79. The number of aliphatic carboxylic acids is 2. The van der Waals surface area contributed by atoms with Crippen LogP contribution in [0.4, 0.5) is 0 Å². The largest absolute Gasteiger partial charge is 0.481 e. The SMILES string of the molecule is O=C(O)[C@@H]1[C@H]2C[C@H]3[C@H](C2=O)[C@]13C(=O)O. The summed E-state index contributed by atoms with van der Waals surface area (Å²) in [5.41, 5.74) is -1.23. The zero-order valence-electron chi connectivity index (χ0n) is 7.14. The van der Waals surface area contributed by atoms with E-state index in [1.807, 2.05) is 0 Å². The number of Topliss-reactive ketones (excluding diaryl/α,β-unsaturated/α-hetero) is 1. The Morgan fingerprint density at radius 1 is 1.36 bits per heavy atom. The smallest absolute Gasteiger partial charge is 0.311 e. The van der Waals surface area contributed by atoms with Crippen molar-refractivity contribution >= 4 is 17.7 Å². The molecule has 0 aromatic rings. The highest BCUT2D eigenvalue weighted by molar-refractivity contribution is 6.08. The minimum absolute atomic E-state index is 0.134. The molecule has 4 aliphatic carbocycles. The molecule has 4 rings (SSSR count). The average molecular weight is 196 g/mol. The van der Waals surface area contributed by atoms with Gasteiger partial charge in [-0.3, -0.25) is 14.4 Å². The molecule has 0 saturated heterocycles. The summed E-state index contributed by atoms with van der Waals surface area (Å²) in [5.74, 6) is -4.56. The Hall–Kier alpha value is -1.39. The molecule has 4 saturated carbocycles. The van der Waals surface area contributed by atoms with Crippen molar-refractivity contribution < 1.29 is 24.6 Å². The third-order valence-corrected chi connectivity index (χ3v) is 4.15. The molecule has 74 valence electrons. The second-order valence-electron chi connectivity index (χ2n) is 4.38. The Balaban J connectivity index is 2.13. The monoisotopic (exact) mass is 196 g/mol. The van der Waals surface area contributed by atoms with E-state index in [-0.39, 0.29) is 11.7 Å². The van der Waals surface area contributed by atoms with E-state index in [4.69, 9.17) is 10.2 Å². The van der Waals surface area contributed by atoms with Gasteiger partial charge < -0.3 is 10.2 Å². The van der Waals surface area contributed by atoms with E-state index in [2.05, 4.69) is 0 Å². The van der Waals surface area contributed by atoms with Crippen LogP contribution >= 0.6 is 0 Å². The quantitative estimate of drug-likeness (QED) is 0.627. The Morgan fingerprint density at radius 3 is 2.29 bits per heavy atom. The highest BCUT2D eigenvalue weighted by Gasteiger charge is 2.89. The summed E-state index contributed by atoms with van der Waals surface area (Å²) in [6.07, 6.45) is 0.465. The maximum absolute atomic E-state index is 11.5. The lowest BCUT2D eigenvalue weighted by atomic mass is 9.89. The van der Waals surface area contributed by atoms with Crippen LogP contribution in [-0.4, -0.2) is 27.9 Å². The summed E-state index contributed by atoms with van der Waals surface area (Å²) in [7, 11) is 0. The second-order valence-corrected chi connectivity index (χ2v) is 4.38.